The van der Waals surface area contributed by atoms with Gasteiger partial charge in [0.1, 0.15) is 0 Å². The highest BCUT2D eigenvalue weighted by atomic mass is 35.5. The topological polar surface area (TPSA) is 78.4 Å². The number of carbonyl (C=O) groups excluding carboxylic acids is 2. The Hall–Kier alpha value is -2.86. The fourth-order valence-corrected chi connectivity index (χ4v) is 3.10. The summed E-state index contributed by atoms with van der Waals surface area (Å²) in [4.78, 5) is 24.5. The normalized spacial score (nSPS) is 11.5. The monoisotopic (exact) mass is 414 g/mol. The summed E-state index contributed by atoms with van der Waals surface area (Å²) < 4.78 is 0. The Kier molecular flexibility index (Phi) is 6.31. The van der Waals surface area contributed by atoms with Gasteiger partial charge in [0.25, 0.3) is 11.8 Å². The van der Waals surface area contributed by atoms with Crippen LogP contribution in [0.25, 0.3) is 0 Å². The number of amides is 2. The van der Waals surface area contributed by atoms with Crippen molar-refractivity contribution in [3.8, 4) is 0 Å². The molecule has 0 aromatic heterocycles. The number of hydroxylamine groups is 1. The van der Waals surface area contributed by atoms with Crippen LogP contribution in [-0.4, -0.2) is 17.0 Å². The van der Waals surface area contributed by atoms with Crippen molar-refractivity contribution in [2.75, 3.05) is 5.32 Å². The smallest absolute Gasteiger partial charge is 0.255 e. The Morgan fingerprint density at radius 1 is 0.821 bits per heavy atom. The van der Waals surface area contributed by atoms with Gasteiger partial charge in [-0.2, -0.15) is 0 Å². The van der Waals surface area contributed by atoms with E-state index in [4.69, 9.17) is 28.4 Å². The molecule has 0 fully saturated rings. The standard InChI is InChI=1S/C21H16Cl2N2O3/c22-17-11-8-15(12-18(17)23)20(26)24-16-9-6-14(7-10-16)19(21(27)25-28)13-4-2-1-3-5-13/h1-12,19,28H,(H,24,26)(H,25,27). The second-order valence-corrected chi connectivity index (χ2v) is 6.84. The van der Waals surface area contributed by atoms with E-state index in [-0.39, 0.29) is 5.91 Å². The Morgan fingerprint density at radius 3 is 2.07 bits per heavy atom. The molecule has 28 heavy (non-hydrogen) atoms. The van der Waals surface area contributed by atoms with E-state index in [1.54, 1.807) is 54.0 Å². The third-order valence-corrected chi connectivity index (χ3v) is 4.93. The van der Waals surface area contributed by atoms with Crippen LogP contribution in [-0.2, 0) is 4.79 Å². The molecule has 7 heteroatoms. The minimum Gasteiger partial charge on any atom is -0.322 e. The van der Waals surface area contributed by atoms with E-state index < -0.39 is 11.8 Å². The number of benzene rings is 3. The summed E-state index contributed by atoms with van der Waals surface area (Å²) in [5.74, 6) is -1.55. The summed E-state index contributed by atoms with van der Waals surface area (Å²) in [5.41, 5.74) is 4.04. The molecule has 0 saturated heterocycles. The number of anilines is 1. The lowest BCUT2D eigenvalue weighted by atomic mass is 9.90. The number of carbonyl (C=O) groups is 2. The molecule has 5 nitrogen and oxygen atoms in total. The van der Waals surface area contributed by atoms with Crippen LogP contribution in [0.4, 0.5) is 5.69 Å². The lowest BCUT2D eigenvalue weighted by molar-refractivity contribution is -0.129. The zero-order valence-electron chi connectivity index (χ0n) is 14.5. The van der Waals surface area contributed by atoms with Crippen LogP contribution in [0.15, 0.2) is 72.8 Å². The molecule has 0 aliphatic carbocycles. The molecule has 1 atom stereocenters. The molecule has 0 bridgehead atoms. The van der Waals surface area contributed by atoms with Gasteiger partial charge in [0.05, 0.1) is 16.0 Å². The van der Waals surface area contributed by atoms with Crippen molar-refractivity contribution in [3.63, 3.8) is 0 Å². The van der Waals surface area contributed by atoms with Crippen molar-refractivity contribution in [3.05, 3.63) is 99.5 Å². The highest BCUT2D eigenvalue weighted by molar-refractivity contribution is 6.42. The lowest BCUT2D eigenvalue weighted by Crippen LogP contribution is -2.27. The van der Waals surface area contributed by atoms with E-state index >= 15 is 0 Å². The highest BCUT2D eigenvalue weighted by Gasteiger charge is 2.22. The first-order valence-electron chi connectivity index (χ1n) is 8.35. The summed E-state index contributed by atoms with van der Waals surface area (Å²) >= 11 is 11.8. The van der Waals surface area contributed by atoms with E-state index in [9.17, 15) is 9.59 Å². The first-order valence-corrected chi connectivity index (χ1v) is 9.10. The summed E-state index contributed by atoms with van der Waals surface area (Å²) in [6.07, 6.45) is 0. The van der Waals surface area contributed by atoms with Gasteiger partial charge in [-0.25, -0.2) is 5.48 Å². The van der Waals surface area contributed by atoms with Crippen LogP contribution < -0.4 is 10.8 Å². The van der Waals surface area contributed by atoms with Crippen molar-refractivity contribution in [1.29, 1.82) is 0 Å². The van der Waals surface area contributed by atoms with Crippen molar-refractivity contribution < 1.29 is 14.8 Å². The largest absolute Gasteiger partial charge is 0.322 e. The molecular formula is C21H16Cl2N2O3. The number of rotatable bonds is 5. The van der Waals surface area contributed by atoms with Gasteiger partial charge < -0.3 is 5.32 Å². The lowest BCUT2D eigenvalue weighted by Gasteiger charge is -2.16. The highest BCUT2D eigenvalue weighted by Crippen LogP contribution is 2.27. The van der Waals surface area contributed by atoms with Gasteiger partial charge in [0, 0.05) is 11.3 Å². The Bertz CT molecular complexity index is 992. The van der Waals surface area contributed by atoms with Gasteiger partial charge in [-0.1, -0.05) is 65.7 Å². The number of nitrogens with one attached hydrogen (secondary N) is 2. The van der Waals surface area contributed by atoms with Gasteiger partial charge in [0.15, 0.2) is 0 Å². The molecule has 0 spiro atoms. The first-order chi connectivity index (χ1) is 13.5. The van der Waals surface area contributed by atoms with Gasteiger partial charge in [-0.3, -0.25) is 14.8 Å². The SMILES string of the molecule is O=C(Nc1ccc(C(C(=O)NO)c2ccccc2)cc1)c1ccc(Cl)c(Cl)c1. The molecule has 0 saturated carbocycles. The van der Waals surface area contributed by atoms with E-state index in [2.05, 4.69) is 5.32 Å². The summed E-state index contributed by atoms with van der Waals surface area (Å²) in [7, 11) is 0. The predicted molar refractivity (Wildman–Crippen MR) is 109 cm³/mol. The molecule has 3 aromatic carbocycles. The van der Waals surface area contributed by atoms with Crippen LogP contribution in [0, 0.1) is 0 Å². The van der Waals surface area contributed by atoms with Crippen molar-refractivity contribution >= 4 is 40.7 Å². The van der Waals surface area contributed by atoms with E-state index in [1.165, 1.54) is 6.07 Å². The molecule has 3 aromatic rings. The van der Waals surface area contributed by atoms with Crippen LogP contribution in [0.3, 0.4) is 0 Å². The second-order valence-electron chi connectivity index (χ2n) is 6.02. The van der Waals surface area contributed by atoms with Crippen molar-refractivity contribution in [1.82, 2.24) is 5.48 Å². The number of hydrogen-bond acceptors (Lipinski definition) is 3. The van der Waals surface area contributed by atoms with Crippen LogP contribution in [0.2, 0.25) is 10.0 Å². The van der Waals surface area contributed by atoms with Gasteiger partial charge >= 0.3 is 0 Å². The fraction of sp³-hybridized carbons (Fsp3) is 0.0476. The average molecular weight is 415 g/mol. The van der Waals surface area contributed by atoms with Crippen LogP contribution in [0.1, 0.15) is 27.4 Å². The fourth-order valence-electron chi connectivity index (χ4n) is 2.80. The first kappa shape index (κ1) is 19.9. The zero-order chi connectivity index (χ0) is 20.1. The quantitative estimate of drug-likeness (QED) is 0.411. The minimum atomic E-state index is -0.675. The predicted octanol–water partition coefficient (Wildman–Crippen LogP) is 4.88. The van der Waals surface area contributed by atoms with Gasteiger partial charge in [0.2, 0.25) is 0 Å². The summed E-state index contributed by atoms with van der Waals surface area (Å²) in [6.45, 7) is 0. The van der Waals surface area contributed by atoms with E-state index in [1.807, 2.05) is 18.2 Å². The molecule has 0 radical (unpaired) electrons. The van der Waals surface area contributed by atoms with Crippen LogP contribution in [0.5, 0.6) is 0 Å². The van der Waals surface area contributed by atoms with Crippen molar-refractivity contribution in [2.24, 2.45) is 0 Å². The number of hydrogen-bond donors (Lipinski definition) is 3. The van der Waals surface area contributed by atoms with E-state index in [0.717, 1.165) is 5.56 Å². The molecule has 0 aliphatic rings. The molecule has 142 valence electrons. The molecule has 2 amide bonds. The molecule has 3 N–H and O–H groups in total. The van der Waals surface area contributed by atoms with Gasteiger partial charge in [-0.05, 0) is 41.5 Å². The molecule has 0 heterocycles. The summed E-state index contributed by atoms with van der Waals surface area (Å²) in [6, 6.07) is 20.5. The maximum absolute atomic E-state index is 12.4. The molecule has 1 unspecified atom stereocenters. The maximum atomic E-state index is 12.4. The molecule has 0 aliphatic heterocycles. The van der Waals surface area contributed by atoms with Gasteiger partial charge in [-0.15, -0.1) is 0 Å². The number of halogens is 2. The van der Waals surface area contributed by atoms with Crippen LogP contribution >= 0.6 is 23.2 Å². The maximum Gasteiger partial charge on any atom is 0.255 e. The minimum absolute atomic E-state index is 0.297. The van der Waals surface area contributed by atoms with E-state index in [0.29, 0.717) is 26.9 Å². The Balaban J connectivity index is 1.80. The molecular weight excluding hydrogens is 399 g/mol. The Morgan fingerprint density at radius 2 is 1.46 bits per heavy atom. The Labute approximate surface area is 171 Å². The molecule has 3 rings (SSSR count). The third kappa shape index (κ3) is 4.51. The summed E-state index contributed by atoms with van der Waals surface area (Å²) in [5, 5.41) is 12.5. The second kappa shape index (κ2) is 8.89. The van der Waals surface area contributed by atoms with Crippen molar-refractivity contribution in [2.45, 2.75) is 5.92 Å². The zero-order valence-corrected chi connectivity index (χ0v) is 16.0. The average Bonchev–Trinajstić information content (AvgIpc) is 2.72. The third-order valence-electron chi connectivity index (χ3n) is 4.19.